The molecule has 4 saturated carbocycles. The van der Waals surface area contributed by atoms with E-state index in [0.29, 0.717) is 22.2 Å². The van der Waals surface area contributed by atoms with E-state index in [-0.39, 0.29) is 11.3 Å². The minimum absolute atomic E-state index is 0.155. The number of nitrogens with zero attached hydrogens (tertiary/aromatic N) is 3. The maximum absolute atomic E-state index is 13.1. The molecule has 0 unspecified atom stereocenters. The number of carbonyl (C=O) groups excluding carboxylic acids is 1. The van der Waals surface area contributed by atoms with Crippen LogP contribution in [0.4, 0.5) is 5.13 Å². The normalized spacial score (nSPS) is 29.7. The van der Waals surface area contributed by atoms with Crippen LogP contribution in [0.5, 0.6) is 11.5 Å². The Balaban J connectivity index is 1.40. The molecule has 4 aliphatic rings. The second kappa shape index (κ2) is 6.97. The maximum Gasteiger partial charge on any atom is 0.263 e. The van der Waals surface area contributed by atoms with Crippen LogP contribution >= 0.6 is 11.3 Å². The molecule has 0 aliphatic heterocycles. The lowest BCUT2D eigenvalue weighted by Crippen LogP contribution is -2.48. The third-order valence-corrected chi connectivity index (χ3v) is 8.38. The van der Waals surface area contributed by atoms with Gasteiger partial charge in [-0.1, -0.05) is 11.3 Å². The summed E-state index contributed by atoms with van der Waals surface area (Å²) >= 11 is 1.59. The van der Waals surface area contributed by atoms with Crippen molar-refractivity contribution in [1.82, 2.24) is 10.2 Å². The largest absolute Gasteiger partial charge is 0.497 e. The van der Waals surface area contributed by atoms with Gasteiger partial charge < -0.3 is 9.47 Å². The smallest absolute Gasteiger partial charge is 0.263 e. The molecule has 154 valence electrons. The van der Waals surface area contributed by atoms with Crippen LogP contribution in [-0.4, -0.2) is 37.4 Å². The van der Waals surface area contributed by atoms with Crippen LogP contribution in [0, 0.1) is 17.8 Å². The van der Waals surface area contributed by atoms with Crippen molar-refractivity contribution < 1.29 is 14.3 Å². The summed E-state index contributed by atoms with van der Waals surface area (Å²) in [5, 5.41) is 10.8. The molecule has 4 aliphatic carbocycles. The molecule has 0 N–H and O–H groups in total. The van der Waals surface area contributed by atoms with E-state index in [1.54, 1.807) is 55.7 Å². The van der Waals surface area contributed by atoms with Crippen molar-refractivity contribution in [3.05, 3.63) is 28.8 Å². The van der Waals surface area contributed by atoms with Gasteiger partial charge in [0.2, 0.25) is 5.13 Å². The van der Waals surface area contributed by atoms with E-state index in [0.717, 1.165) is 22.8 Å². The number of ether oxygens (including phenoxy) is 2. The maximum atomic E-state index is 13.1. The summed E-state index contributed by atoms with van der Waals surface area (Å²) in [7, 11) is 4.91. The quantitative estimate of drug-likeness (QED) is 0.731. The van der Waals surface area contributed by atoms with E-state index in [1.165, 1.54) is 38.5 Å². The second-order valence-corrected chi connectivity index (χ2v) is 9.97. The van der Waals surface area contributed by atoms with Gasteiger partial charge in [-0.05, 0) is 68.4 Å². The Morgan fingerprint density at radius 1 is 1.07 bits per heavy atom. The average Bonchev–Trinajstić information content (AvgIpc) is 3.22. The lowest BCUT2D eigenvalue weighted by atomic mass is 9.50. The number of benzene rings is 1. The van der Waals surface area contributed by atoms with Gasteiger partial charge in [-0.2, -0.15) is 0 Å². The average molecular weight is 414 g/mol. The fraction of sp³-hybridized carbons (Fsp3) is 0.591. The number of aromatic nitrogens is 2. The van der Waals surface area contributed by atoms with Crippen LogP contribution in [0.1, 0.15) is 53.9 Å². The Kier molecular flexibility index (Phi) is 4.53. The number of hydrogen-bond donors (Lipinski definition) is 0. The van der Waals surface area contributed by atoms with Crippen LogP contribution < -0.4 is 14.4 Å². The number of rotatable bonds is 5. The fourth-order valence-corrected chi connectivity index (χ4v) is 7.20. The van der Waals surface area contributed by atoms with Crippen molar-refractivity contribution >= 4 is 22.4 Å². The highest BCUT2D eigenvalue weighted by molar-refractivity contribution is 7.15. The molecule has 4 fully saturated rings. The van der Waals surface area contributed by atoms with Crippen molar-refractivity contribution in [2.45, 2.75) is 43.9 Å². The summed E-state index contributed by atoms with van der Waals surface area (Å²) in [6, 6.07) is 5.23. The first-order chi connectivity index (χ1) is 14.0. The van der Waals surface area contributed by atoms with Gasteiger partial charge in [0.05, 0.1) is 19.8 Å². The molecule has 1 aromatic heterocycles. The van der Waals surface area contributed by atoms with Crippen LogP contribution in [0.3, 0.4) is 0 Å². The Morgan fingerprint density at radius 2 is 1.72 bits per heavy atom. The van der Waals surface area contributed by atoms with Crippen molar-refractivity contribution in [1.29, 1.82) is 0 Å². The fourth-order valence-electron chi connectivity index (χ4n) is 6.18. The molecule has 0 radical (unpaired) electrons. The summed E-state index contributed by atoms with van der Waals surface area (Å²) in [6.45, 7) is 0. The van der Waals surface area contributed by atoms with Gasteiger partial charge in [-0.25, -0.2) is 0 Å². The standard InChI is InChI=1S/C22H27N3O3S/c1-25(19(26)17-5-4-16(27-2)9-18(17)28-3)21-24-23-20(29-21)22-10-13-6-14(11-22)8-15(7-13)12-22/h4-5,9,13-15H,6-8,10-12H2,1-3H3. The molecule has 1 amide bonds. The van der Waals surface area contributed by atoms with Gasteiger partial charge in [0.15, 0.2) is 0 Å². The van der Waals surface area contributed by atoms with Gasteiger partial charge in [0.1, 0.15) is 16.5 Å². The zero-order valence-electron chi connectivity index (χ0n) is 17.2. The van der Waals surface area contributed by atoms with E-state index < -0.39 is 0 Å². The monoisotopic (exact) mass is 413 g/mol. The Morgan fingerprint density at radius 3 is 2.31 bits per heavy atom. The van der Waals surface area contributed by atoms with Crippen LogP contribution in [-0.2, 0) is 5.41 Å². The molecule has 29 heavy (non-hydrogen) atoms. The second-order valence-electron chi connectivity index (χ2n) is 9.02. The number of anilines is 1. The molecular weight excluding hydrogens is 386 g/mol. The van der Waals surface area contributed by atoms with Gasteiger partial charge in [-0.15, -0.1) is 10.2 Å². The molecule has 0 spiro atoms. The Labute approximate surface area is 175 Å². The zero-order valence-corrected chi connectivity index (χ0v) is 18.0. The lowest BCUT2D eigenvalue weighted by Gasteiger charge is -2.55. The highest BCUT2D eigenvalue weighted by atomic mass is 32.1. The first kappa shape index (κ1) is 18.9. The van der Waals surface area contributed by atoms with E-state index >= 15 is 0 Å². The van der Waals surface area contributed by atoms with Crippen molar-refractivity contribution in [3.8, 4) is 11.5 Å². The van der Waals surface area contributed by atoms with E-state index in [1.807, 2.05) is 0 Å². The van der Waals surface area contributed by atoms with Crippen molar-refractivity contribution in [2.24, 2.45) is 17.8 Å². The summed E-state index contributed by atoms with van der Waals surface area (Å²) in [4.78, 5) is 14.7. The van der Waals surface area contributed by atoms with Crippen molar-refractivity contribution in [3.63, 3.8) is 0 Å². The summed E-state index contributed by atoms with van der Waals surface area (Å²) in [5.74, 6) is 3.57. The molecule has 7 heteroatoms. The van der Waals surface area contributed by atoms with E-state index in [2.05, 4.69) is 10.2 Å². The molecular formula is C22H27N3O3S. The van der Waals surface area contributed by atoms with Crippen molar-refractivity contribution in [2.75, 3.05) is 26.2 Å². The first-order valence-corrected chi connectivity index (χ1v) is 11.2. The minimum Gasteiger partial charge on any atom is -0.497 e. The molecule has 0 saturated heterocycles. The number of carbonyl (C=O) groups is 1. The summed E-state index contributed by atoms with van der Waals surface area (Å²) < 4.78 is 10.6. The minimum atomic E-state index is -0.155. The topological polar surface area (TPSA) is 64.5 Å². The van der Waals surface area contributed by atoms with Crippen LogP contribution in [0.15, 0.2) is 18.2 Å². The third kappa shape index (κ3) is 3.10. The number of amides is 1. The molecule has 2 aromatic rings. The summed E-state index contributed by atoms with van der Waals surface area (Å²) in [5.41, 5.74) is 0.689. The molecule has 6 nitrogen and oxygen atoms in total. The number of hydrogen-bond acceptors (Lipinski definition) is 6. The predicted octanol–water partition coefficient (Wildman–Crippen LogP) is 4.30. The molecule has 1 heterocycles. The van der Waals surface area contributed by atoms with Gasteiger partial charge >= 0.3 is 0 Å². The van der Waals surface area contributed by atoms with Crippen LogP contribution in [0.25, 0.3) is 0 Å². The predicted molar refractivity (Wildman–Crippen MR) is 112 cm³/mol. The molecule has 1 aromatic carbocycles. The molecule has 0 atom stereocenters. The zero-order chi connectivity index (χ0) is 20.2. The third-order valence-electron chi connectivity index (χ3n) is 7.14. The Bertz CT molecular complexity index is 906. The van der Waals surface area contributed by atoms with E-state index in [4.69, 9.17) is 9.47 Å². The summed E-state index contributed by atoms with van der Waals surface area (Å²) in [6.07, 6.45) is 7.95. The Hall–Kier alpha value is -2.15. The highest BCUT2D eigenvalue weighted by Gasteiger charge is 2.53. The highest BCUT2D eigenvalue weighted by Crippen LogP contribution is 2.61. The molecule has 4 bridgehead atoms. The SMILES string of the molecule is COc1ccc(C(=O)N(C)c2nnc(C34CC5CC(CC(C5)C3)C4)s2)c(OC)c1. The number of methoxy groups -OCH3 is 2. The first-order valence-electron chi connectivity index (χ1n) is 10.4. The van der Waals surface area contributed by atoms with Gasteiger partial charge in [0.25, 0.3) is 5.91 Å². The van der Waals surface area contributed by atoms with Crippen LogP contribution in [0.2, 0.25) is 0 Å². The van der Waals surface area contributed by atoms with E-state index in [9.17, 15) is 4.79 Å². The molecule has 6 rings (SSSR count). The van der Waals surface area contributed by atoms with Gasteiger partial charge in [-0.3, -0.25) is 9.69 Å². The lowest BCUT2D eigenvalue weighted by molar-refractivity contribution is -0.00555. The van der Waals surface area contributed by atoms with Gasteiger partial charge in [0, 0.05) is 18.5 Å².